The minimum atomic E-state index is -4.92. The highest BCUT2D eigenvalue weighted by Crippen LogP contribution is 2.23. The lowest BCUT2D eigenvalue weighted by Gasteiger charge is -2.23. The van der Waals surface area contributed by atoms with Gasteiger partial charge in [-0.25, -0.2) is 0 Å². The van der Waals surface area contributed by atoms with E-state index in [1.807, 2.05) is 0 Å². The van der Waals surface area contributed by atoms with Crippen LogP contribution in [0.5, 0.6) is 0 Å². The molecule has 1 saturated heterocycles. The molecule has 1 aliphatic heterocycles. The minimum Gasteiger partial charge on any atom is -0.465 e. The molecule has 0 saturated carbocycles. The summed E-state index contributed by atoms with van der Waals surface area (Å²) < 4.78 is 67.4. The molecule has 0 radical (unpaired) electrons. The predicted octanol–water partition coefficient (Wildman–Crippen LogP) is -0.228. The first-order valence-electron chi connectivity index (χ1n) is 6.27. The smallest absolute Gasteiger partial charge is 0.415 e. The van der Waals surface area contributed by atoms with Crippen LogP contribution in [0.1, 0.15) is 19.8 Å². The summed E-state index contributed by atoms with van der Waals surface area (Å²) in [5.74, 6) is -0.739. The van der Waals surface area contributed by atoms with Crippen LogP contribution in [0.2, 0.25) is 0 Å². The molecule has 2 unspecified atom stereocenters. The van der Waals surface area contributed by atoms with Gasteiger partial charge in [0.25, 0.3) is 10.2 Å². The van der Waals surface area contributed by atoms with Crippen molar-refractivity contribution in [3.8, 4) is 0 Å². The lowest BCUT2D eigenvalue weighted by molar-refractivity contribution is -0.200. The molecule has 0 amide bonds. The molecule has 0 aromatic carbocycles. The van der Waals surface area contributed by atoms with Gasteiger partial charge in [-0.1, -0.05) is 0 Å². The number of carbonyl (C=O) groups is 1. The van der Waals surface area contributed by atoms with E-state index in [1.165, 1.54) is 0 Å². The molecule has 1 heterocycles. The van der Waals surface area contributed by atoms with E-state index in [-0.39, 0.29) is 19.6 Å². The molecule has 21 heavy (non-hydrogen) atoms. The number of alkyl halides is 3. The molecule has 2 N–H and O–H groups in total. The zero-order valence-corrected chi connectivity index (χ0v) is 12.1. The van der Waals surface area contributed by atoms with Crippen molar-refractivity contribution in [2.24, 2.45) is 0 Å². The number of esters is 1. The molecule has 11 heteroatoms. The fourth-order valence-electron chi connectivity index (χ4n) is 1.88. The summed E-state index contributed by atoms with van der Waals surface area (Å²) >= 11 is 0. The van der Waals surface area contributed by atoms with Crippen LogP contribution in [-0.4, -0.2) is 61.8 Å². The maximum Gasteiger partial charge on any atom is 0.415 e. The second kappa shape index (κ2) is 6.90. The number of halogens is 3. The Kier molecular flexibility index (Phi) is 5.96. The number of aliphatic hydroxyl groups excluding tert-OH is 1. The Labute approximate surface area is 120 Å². The van der Waals surface area contributed by atoms with Gasteiger partial charge in [0.2, 0.25) is 0 Å². The van der Waals surface area contributed by atoms with E-state index in [4.69, 9.17) is 9.84 Å². The zero-order chi connectivity index (χ0) is 16.3. The van der Waals surface area contributed by atoms with Crippen LogP contribution in [-0.2, 0) is 19.7 Å². The number of carbonyl (C=O) groups excluding carboxylic acids is 1. The maximum atomic E-state index is 12.1. The Bertz CT molecular complexity index is 468. The van der Waals surface area contributed by atoms with Gasteiger partial charge in [0.05, 0.1) is 6.61 Å². The number of nitrogens with one attached hydrogen (secondary N) is 1. The fourth-order valence-corrected chi connectivity index (χ4v) is 3.32. The predicted molar refractivity (Wildman–Crippen MR) is 65.3 cm³/mol. The number of rotatable bonds is 6. The average molecular weight is 334 g/mol. The van der Waals surface area contributed by atoms with Gasteiger partial charge in [-0.3, -0.25) is 4.79 Å². The van der Waals surface area contributed by atoms with Gasteiger partial charge in [-0.2, -0.15) is 30.6 Å². The summed E-state index contributed by atoms with van der Waals surface area (Å²) in [4.78, 5) is 11.6. The quantitative estimate of drug-likeness (QED) is 0.654. The van der Waals surface area contributed by atoms with Crippen molar-refractivity contribution in [3.05, 3.63) is 0 Å². The highest BCUT2D eigenvalue weighted by molar-refractivity contribution is 7.87. The largest absolute Gasteiger partial charge is 0.465 e. The Hall–Kier alpha value is -0.910. The summed E-state index contributed by atoms with van der Waals surface area (Å²) in [6.45, 7) is 0.422. The van der Waals surface area contributed by atoms with E-state index in [0.717, 1.165) is 4.31 Å². The molecule has 0 bridgehead atoms. The zero-order valence-electron chi connectivity index (χ0n) is 11.3. The van der Waals surface area contributed by atoms with Crippen molar-refractivity contribution in [1.29, 1.82) is 0 Å². The molecule has 2 atom stereocenters. The van der Waals surface area contributed by atoms with Crippen LogP contribution in [0.15, 0.2) is 0 Å². The van der Waals surface area contributed by atoms with E-state index in [1.54, 1.807) is 11.6 Å². The van der Waals surface area contributed by atoms with E-state index in [9.17, 15) is 26.4 Å². The summed E-state index contributed by atoms with van der Waals surface area (Å²) in [6.07, 6.45) is -7.10. The van der Waals surface area contributed by atoms with Gasteiger partial charge >= 0.3 is 12.1 Å². The van der Waals surface area contributed by atoms with Crippen LogP contribution in [0.3, 0.4) is 0 Å². The summed E-state index contributed by atoms with van der Waals surface area (Å²) in [7, 11) is -4.31. The third-order valence-electron chi connectivity index (χ3n) is 2.91. The second-order valence-corrected chi connectivity index (χ2v) is 6.14. The standard InChI is InChI=1S/C10H17F3N2O5S/c1-2-20-9(17)7-4-3-5-15(7)21(18,19)14-6-8(16)10(11,12)13/h7-8,14,16H,2-6H2,1H3. The van der Waals surface area contributed by atoms with Crippen LogP contribution in [0.4, 0.5) is 13.2 Å². The monoisotopic (exact) mass is 334 g/mol. The summed E-state index contributed by atoms with van der Waals surface area (Å²) in [5.41, 5.74) is 0. The lowest BCUT2D eigenvalue weighted by Crippen LogP contribution is -2.50. The van der Waals surface area contributed by atoms with Gasteiger partial charge in [0.1, 0.15) is 6.04 Å². The number of ether oxygens (including phenoxy) is 1. The first-order chi connectivity index (χ1) is 9.59. The van der Waals surface area contributed by atoms with E-state index >= 15 is 0 Å². The lowest BCUT2D eigenvalue weighted by atomic mass is 10.2. The third-order valence-corrected chi connectivity index (χ3v) is 4.49. The van der Waals surface area contributed by atoms with Crippen molar-refractivity contribution in [3.63, 3.8) is 0 Å². The summed E-state index contributed by atoms with van der Waals surface area (Å²) in [5, 5.41) is 8.79. The SMILES string of the molecule is CCOC(=O)C1CCCN1S(=O)(=O)NCC(O)C(F)(F)F. The average Bonchev–Trinajstić information content (AvgIpc) is 2.85. The first kappa shape index (κ1) is 18.1. The Morgan fingerprint density at radius 2 is 2.14 bits per heavy atom. The molecule has 1 aliphatic rings. The number of nitrogens with zero attached hydrogens (tertiary/aromatic N) is 1. The molecular formula is C10H17F3N2O5S. The highest BCUT2D eigenvalue weighted by atomic mass is 32.2. The van der Waals surface area contributed by atoms with E-state index < -0.39 is 41.0 Å². The molecule has 124 valence electrons. The second-order valence-electron chi connectivity index (χ2n) is 4.43. The molecule has 0 aliphatic carbocycles. The van der Waals surface area contributed by atoms with Gasteiger partial charge < -0.3 is 9.84 Å². The molecule has 1 fully saturated rings. The van der Waals surface area contributed by atoms with Crippen molar-refractivity contribution < 1.29 is 36.2 Å². The van der Waals surface area contributed by atoms with Crippen molar-refractivity contribution in [1.82, 2.24) is 9.03 Å². The van der Waals surface area contributed by atoms with Gasteiger partial charge in [-0.15, -0.1) is 0 Å². The first-order valence-corrected chi connectivity index (χ1v) is 7.71. The maximum absolute atomic E-state index is 12.1. The molecule has 1 rings (SSSR count). The van der Waals surface area contributed by atoms with Crippen LogP contribution in [0.25, 0.3) is 0 Å². The topological polar surface area (TPSA) is 95.9 Å². The molecule has 0 spiro atoms. The fraction of sp³-hybridized carbons (Fsp3) is 0.900. The molecular weight excluding hydrogens is 317 g/mol. The van der Waals surface area contributed by atoms with Crippen LogP contribution < -0.4 is 4.72 Å². The van der Waals surface area contributed by atoms with Crippen molar-refractivity contribution in [2.45, 2.75) is 38.1 Å². The minimum absolute atomic E-state index is 0.000920. The molecule has 0 aromatic heterocycles. The van der Waals surface area contributed by atoms with Gasteiger partial charge in [-0.05, 0) is 19.8 Å². The normalized spacial score (nSPS) is 22.2. The highest BCUT2D eigenvalue weighted by Gasteiger charge is 2.42. The Morgan fingerprint density at radius 3 is 2.67 bits per heavy atom. The van der Waals surface area contributed by atoms with Crippen molar-refractivity contribution >= 4 is 16.2 Å². The Morgan fingerprint density at radius 1 is 1.52 bits per heavy atom. The summed E-state index contributed by atoms with van der Waals surface area (Å²) in [6, 6.07) is -1.05. The number of hydrogen-bond acceptors (Lipinski definition) is 5. The van der Waals surface area contributed by atoms with Gasteiger partial charge in [0, 0.05) is 13.1 Å². The molecule has 7 nitrogen and oxygen atoms in total. The van der Waals surface area contributed by atoms with Crippen LogP contribution in [0, 0.1) is 0 Å². The van der Waals surface area contributed by atoms with Crippen molar-refractivity contribution in [2.75, 3.05) is 19.7 Å². The number of aliphatic hydroxyl groups is 1. The van der Waals surface area contributed by atoms with E-state index in [2.05, 4.69) is 0 Å². The van der Waals surface area contributed by atoms with Gasteiger partial charge in [0.15, 0.2) is 6.10 Å². The molecule has 0 aromatic rings. The van der Waals surface area contributed by atoms with Crippen LogP contribution >= 0.6 is 0 Å². The third kappa shape index (κ3) is 4.80. The van der Waals surface area contributed by atoms with E-state index in [0.29, 0.717) is 6.42 Å². The number of hydrogen-bond donors (Lipinski definition) is 2. The Balaban J connectivity index is 2.71.